The summed E-state index contributed by atoms with van der Waals surface area (Å²) in [4.78, 5) is 0. The molecule has 2 atom stereocenters. The fraction of sp³-hybridized carbons (Fsp3) is 0.800. The van der Waals surface area contributed by atoms with Crippen LogP contribution in [0.25, 0.3) is 0 Å². The summed E-state index contributed by atoms with van der Waals surface area (Å²) in [6.07, 6.45) is 4.83. The summed E-state index contributed by atoms with van der Waals surface area (Å²) in [6.45, 7) is 7.92. The monoisotopic (exact) mass is 153 g/mol. The van der Waals surface area contributed by atoms with Crippen molar-refractivity contribution in [2.24, 2.45) is 5.92 Å². The molecule has 1 aliphatic carbocycles. The SMILES string of the molecule is CCCNC1CC=C(C)C1C. The Balaban J connectivity index is 2.29. The first-order valence-electron chi connectivity index (χ1n) is 4.65. The predicted octanol–water partition coefficient (Wildman–Crippen LogP) is 2.34. The van der Waals surface area contributed by atoms with Crippen molar-refractivity contribution in [1.29, 1.82) is 0 Å². The van der Waals surface area contributed by atoms with E-state index in [0.717, 1.165) is 18.5 Å². The minimum absolute atomic E-state index is 0.718. The molecule has 64 valence electrons. The molecule has 1 nitrogen and oxygen atoms in total. The third-order valence-corrected chi connectivity index (χ3v) is 2.67. The van der Waals surface area contributed by atoms with Gasteiger partial charge in [-0.15, -0.1) is 0 Å². The summed E-state index contributed by atoms with van der Waals surface area (Å²) < 4.78 is 0. The van der Waals surface area contributed by atoms with Gasteiger partial charge in [0.1, 0.15) is 0 Å². The zero-order valence-corrected chi connectivity index (χ0v) is 7.85. The van der Waals surface area contributed by atoms with Crippen LogP contribution in [0.3, 0.4) is 0 Å². The van der Waals surface area contributed by atoms with Gasteiger partial charge in [0.2, 0.25) is 0 Å². The van der Waals surface area contributed by atoms with E-state index in [1.807, 2.05) is 0 Å². The summed E-state index contributed by atoms with van der Waals surface area (Å²) >= 11 is 0. The van der Waals surface area contributed by atoms with E-state index in [-0.39, 0.29) is 0 Å². The normalized spacial score (nSPS) is 30.6. The van der Waals surface area contributed by atoms with Crippen LogP contribution in [0, 0.1) is 5.92 Å². The quantitative estimate of drug-likeness (QED) is 0.614. The van der Waals surface area contributed by atoms with Crippen molar-refractivity contribution in [2.45, 2.75) is 39.7 Å². The fourth-order valence-electron chi connectivity index (χ4n) is 1.61. The first kappa shape index (κ1) is 8.79. The summed E-state index contributed by atoms with van der Waals surface area (Å²) in [7, 11) is 0. The highest BCUT2D eigenvalue weighted by atomic mass is 14.9. The van der Waals surface area contributed by atoms with Crippen molar-refractivity contribution in [3.8, 4) is 0 Å². The van der Waals surface area contributed by atoms with Gasteiger partial charge in [-0.3, -0.25) is 0 Å². The largest absolute Gasteiger partial charge is 0.313 e. The van der Waals surface area contributed by atoms with Gasteiger partial charge >= 0.3 is 0 Å². The molecule has 0 saturated carbocycles. The van der Waals surface area contributed by atoms with E-state index in [2.05, 4.69) is 32.2 Å². The molecule has 0 bridgehead atoms. The summed E-state index contributed by atoms with van der Waals surface area (Å²) in [5, 5.41) is 3.56. The van der Waals surface area contributed by atoms with Crippen molar-refractivity contribution in [1.82, 2.24) is 5.32 Å². The van der Waals surface area contributed by atoms with Crippen LogP contribution in [0.2, 0.25) is 0 Å². The van der Waals surface area contributed by atoms with Crippen LogP contribution in [0.15, 0.2) is 11.6 Å². The summed E-state index contributed by atoms with van der Waals surface area (Å²) in [6, 6.07) is 0.718. The van der Waals surface area contributed by atoms with Crippen LogP contribution in [-0.4, -0.2) is 12.6 Å². The Morgan fingerprint density at radius 3 is 2.82 bits per heavy atom. The minimum atomic E-state index is 0.718. The summed E-state index contributed by atoms with van der Waals surface area (Å²) in [5.41, 5.74) is 1.55. The van der Waals surface area contributed by atoms with Crippen LogP contribution < -0.4 is 5.32 Å². The molecule has 1 N–H and O–H groups in total. The maximum Gasteiger partial charge on any atom is 0.0164 e. The number of nitrogens with one attached hydrogen (secondary N) is 1. The molecule has 0 aliphatic heterocycles. The summed E-state index contributed by atoms with van der Waals surface area (Å²) in [5.74, 6) is 0.751. The number of rotatable bonds is 3. The maximum atomic E-state index is 3.56. The molecule has 0 aromatic heterocycles. The van der Waals surface area contributed by atoms with Gasteiger partial charge in [-0.25, -0.2) is 0 Å². The fourth-order valence-corrected chi connectivity index (χ4v) is 1.61. The highest BCUT2D eigenvalue weighted by Gasteiger charge is 2.21. The number of hydrogen-bond acceptors (Lipinski definition) is 1. The first-order chi connectivity index (χ1) is 5.25. The molecule has 1 heteroatoms. The second-order valence-electron chi connectivity index (χ2n) is 3.53. The molecule has 1 rings (SSSR count). The van der Waals surface area contributed by atoms with Crippen molar-refractivity contribution in [2.75, 3.05) is 6.54 Å². The van der Waals surface area contributed by atoms with Crippen molar-refractivity contribution < 1.29 is 0 Å². The smallest absolute Gasteiger partial charge is 0.0164 e. The maximum absolute atomic E-state index is 3.56. The van der Waals surface area contributed by atoms with Gasteiger partial charge < -0.3 is 5.32 Å². The van der Waals surface area contributed by atoms with Crippen molar-refractivity contribution in [3.63, 3.8) is 0 Å². The van der Waals surface area contributed by atoms with Gasteiger partial charge in [-0.05, 0) is 32.2 Å². The predicted molar refractivity (Wildman–Crippen MR) is 49.6 cm³/mol. The van der Waals surface area contributed by atoms with Crippen LogP contribution in [0.1, 0.15) is 33.6 Å². The molecular weight excluding hydrogens is 134 g/mol. The van der Waals surface area contributed by atoms with E-state index in [4.69, 9.17) is 0 Å². The Kier molecular flexibility index (Phi) is 3.13. The van der Waals surface area contributed by atoms with Crippen LogP contribution in [-0.2, 0) is 0 Å². The highest BCUT2D eigenvalue weighted by Crippen LogP contribution is 2.24. The highest BCUT2D eigenvalue weighted by molar-refractivity contribution is 5.13. The lowest BCUT2D eigenvalue weighted by molar-refractivity contribution is 0.444. The second-order valence-corrected chi connectivity index (χ2v) is 3.53. The lowest BCUT2D eigenvalue weighted by Crippen LogP contribution is -2.32. The zero-order valence-electron chi connectivity index (χ0n) is 7.85. The number of hydrogen-bond donors (Lipinski definition) is 1. The van der Waals surface area contributed by atoms with E-state index in [9.17, 15) is 0 Å². The third-order valence-electron chi connectivity index (χ3n) is 2.67. The van der Waals surface area contributed by atoms with E-state index in [0.29, 0.717) is 0 Å². The zero-order chi connectivity index (χ0) is 8.27. The topological polar surface area (TPSA) is 12.0 Å². The Morgan fingerprint density at radius 2 is 2.36 bits per heavy atom. The van der Waals surface area contributed by atoms with Crippen molar-refractivity contribution >= 4 is 0 Å². The molecule has 0 aromatic carbocycles. The Morgan fingerprint density at radius 1 is 1.64 bits per heavy atom. The molecule has 0 saturated heterocycles. The van der Waals surface area contributed by atoms with Gasteiger partial charge in [0.15, 0.2) is 0 Å². The van der Waals surface area contributed by atoms with E-state index in [1.165, 1.54) is 12.8 Å². The molecule has 0 amide bonds. The third kappa shape index (κ3) is 2.06. The molecule has 0 aromatic rings. The Labute approximate surface area is 69.9 Å². The van der Waals surface area contributed by atoms with Crippen LogP contribution in [0.4, 0.5) is 0 Å². The average Bonchev–Trinajstić information content (AvgIpc) is 2.31. The van der Waals surface area contributed by atoms with Gasteiger partial charge in [-0.2, -0.15) is 0 Å². The molecule has 0 radical (unpaired) electrons. The van der Waals surface area contributed by atoms with E-state index < -0.39 is 0 Å². The molecule has 0 fully saturated rings. The Bertz CT molecular complexity index is 149. The molecule has 1 aliphatic rings. The van der Waals surface area contributed by atoms with Crippen LogP contribution >= 0.6 is 0 Å². The lowest BCUT2D eigenvalue weighted by atomic mass is 10.0. The first-order valence-corrected chi connectivity index (χ1v) is 4.65. The van der Waals surface area contributed by atoms with E-state index in [1.54, 1.807) is 5.57 Å². The van der Waals surface area contributed by atoms with E-state index >= 15 is 0 Å². The lowest BCUT2D eigenvalue weighted by Gasteiger charge is -2.18. The standard InChI is InChI=1S/C10H19N/c1-4-7-11-10-6-5-8(2)9(10)3/h5,9-11H,4,6-7H2,1-3H3. The van der Waals surface area contributed by atoms with Crippen molar-refractivity contribution in [3.05, 3.63) is 11.6 Å². The molecular formula is C10H19N. The minimum Gasteiger partial charge on any atom is -0.313 e. The molecule has 2 unspecified atom stereocenters. The van der Waals surface area contributed by atoms with Gasteiger partial charge in [0.05, 0.1) is 0 Å². The van der Waals surface area contributed by atoms with Gasteiger partial charge in [-0.1, -0.05) is 25.5 Å². The van der Waals surface area contributed by atoms with Gasteiger partial charge in [0, 0.05) is 6.04 Å². The average molecular weight is 153 g/mol. The van der Waals surface area contributed by atoms with Crippen LogP contribution in [0.5, 0.6) is 0 Å². The molecule has 0 heterocycles. The molecule has 11 heavy (non-hydrogen) atoms. The second kappa shape index (κ2) is 3.91. The van der Waals surface area contributed by atoms with Gasteiger partial charge in [0.25, 0.3) is 0 Å². The Hall–Kier alpha value is -0.300. The molecule has 0 spiro atoms.